The van der Waals surface area contributed by atoms with Crippen molar-refractivity contribution in [3.8, 4) is 0 Å². The Bertz CT molecular complexity index is 734. The van der Waals surface area contributed by atoms with E-state index in [1.807, 2.05) is 0 Å². The van der Waals surface area contributed by atoms with Crippen molar-refractivity contribution in [1.82, 2.24) is 15.1 Å². The van der Waals surface area contributed by atoms with Gasteiger partial charge < -0.3 is 10.2 Å². The highest BCUT2D eigenvalue weighted by Gasteiger charge is 2.38. The van der Waals surface area contributed by atoms with Crippen molar-refractivity contribution in [2.24, 2.45) is 5.92 Å². The van der Waals surface area contributed by atoms with Crippen molar-refractivity contribution < 1.29 is 31.5 Å². The van der Waals surface area contributed by atoms with Gasteiger partial charge in [-0.15, -0.1) is 0 Å². The average molecular weight is 421 g/mol. The fourth-order valence-corrected chi connectivity index (χ4v) is 3.30. The number of hydrogen-bond acceptors (Lipinski definition) is 3. The minimum atomic E-state index is -4.33. The maximum absolute atomic E-state index is 13.8. The summed E-state index contributed by atoms with van der Waals surface area (Å²) >= 11 is 0. The first-order valence-corrected chi connectivity index (χ1v) is 9.25. The molecular weight excluding hydrogens is 397 g/mol. The van der Waals surface area contributed by atoms with Crippen molar-refractivity contribution in [1.29, 1.82) is 0 Å². The molecule has 5 nitrogen and oxygen atoms in total. The molecule has 1 saturated heterocycles. The van der Waals surface area contributed by atoms with E-state index in [0.717, 1.165) is 18.2 Å². The van der Waals surface area contributed by atoms with Gasteiger partial charge in [-0.25, -0.2) is 8.78 Å². The van der Waals surface area contributed by atoms with E-state index in [-0.39, 0.29) is 19.6 Å². The fraction of sp³-hybridized carbons (Fsp3) is 0.579. The Hall–Kier alpha value is -2.23. The number of hydrogen-bond donors (Lipinski definition) is 1. The molecule has 29 heavy (non-hydrogen) atoms. The molecule has 1 heterocycles. The Morgan fingerprint density at radius 1 is 1.17 bits per heavy atom. The van der Waals surface area contributed by atoms with Gasteiger partial charge in [0.1, 0.15) is 23.2 Å². The summed E-state index contributed by atoms with van der Waals surface area (Å²) in [5.41, 5.74) is -0.783. The number of rotatable bonds is 5. The highest BCUT2D eigenvalue weighted by molar-refractivity contribution is 5.98. The lowest BCUT2D eigenvalue weighted by Crippen LogP contribution is -2.60. The van der Waals surface area contributed by atoms with Crippen LogP contribution in [-0.4, -0.2) is 66.1 Å². The SMILES string of the molecule is CC(C)[C@@H](NC(=O)c1c(F)cccc1F)C(=O)N1CCN(CC(F)(F)F)[C@@H](C)C1. The highest BCUT2D eigenvalue weighted by Crippen LogP contribution is 2.21. The van der Waals surface area contributed by atoms with Gasteiger partial charge in [-0.3, -0.25) is 14.5 Å². The summed E-state index contributed by atoms with van der Waals surface area (Å²) in [5, 5.41) is 2.37. The molecule has 1 aromatic rings. The minimum absolute atomic E-state index is 0.0348. The van der Waals surface area contributed by atoms with Gasteiger partial charge in [0.2, 0.25) is 5.91 Å². The van der Waals surface area contributed by atoms with E-state index in [1.165, 1.54) is 9.80 Å². The monoisotopic (exact) mass is 421 g/mol. The molecule has 1 aliphatic heterocycles. The summed E-state index contributed by atoms with van der Waals surface area (Å²) in [6, 6.07) is 1.40. The Morgan fingerprint density at radius 3 is 2.24 bits per heavy atom. The third-order valence-corrected chi connectivity index (χ3v) is 4.87. The average Bonchev–Trinajstić information content (AvgIpc) is 2.59. The Kier molecular flexibility index (Phi) is 7.20. The third-order valence-electron chi connectivity index (χ3n) is 4.87. The van der Waals surface area contributed by atoms with Gasteiger partial charge in [-0.05, 0) is 25.0 Å². The Labute approximate surface area is 165 Å². The van der Waals surface area contributed by atoms with Crippen molar-refractivity contribution in [2.75, 3.05) is 26.2 Å². The molecule has 10 heteroatoms. The smallest absolute Gasteiger partial charge is 0.340 e. The van der Waals surface area contributed by atoms with Crippen molar-refractivity contribution in [3.63, 3.8) is 0 Å². The summed E-state index contributed by atoms with van der Waals surface area (Å²) in [6.45, 7) is 3.99. The van der Waals surface area contributed by atoms with E-state index >= 15 is 0 Å². The predicted octanol–water partition coefficient (Wildman–Crippen LogP) is 2.81. The molecule has 0 spiro atoms. The van der Waals surface area contributed by atoms with Crippen LogP contribution in [0.15, 0.2) is 18.2 Å². The molecule has 0 unspecified atom stereocenters. The van der Waals surface area contributed by atoms with Gasteiger partial charge in [0.25, 0.3) is 5.91 Å². The van der Waals surface area contributed by atoms with Gasteiger partial charge in [0.05, 0.1) is 6.54 Å². The van der Waals surface area contributed by atoms with Crippen molar-refractivity contribution in [3.05, 3.63) is 35.4 Å². The molecule has 162 valence electrons. The summed E-state index contributed by atoms with van der Waals surface area (Å²) in [4.78, 5) is 27.9. The van der Waals surface area contributed by atoms with Crippen LogP contribution in [0.2, 0.25) is 0 Å². The first-order chi connectivity index (χ1) is 13.4. The van der Waals surface area contributed by atoms with Crippen molar-refractivity contribution >= 4 is 11.8 Å². The standard InChI is InChI=1S/C19H24F5N3O2/c1-11(2)16(25-17(28)15-13(20)5-4-6-14(15)21)18(29)26-7-8-27(12(3)9-26)10-19(22,23)24/h4-6,11-12,16H,7-10H2,1-3H3,(H,25,28)/t12-,16+/m0/s1. The van der Waals surface area contributed by atoms with Crippen LogP contribution >= 0.6 is 0 Å². The zero-order valence-electron chi connectivity index (χ0n) is 16.4. The summed E-state index contributed by atoms with van der Waals surface area (Å²) < 4.78 is 65.6. The van der Waals surface area contributed by atoms with Crippen LogP contribution in [0.3, 0.4) is 0 Å². The number of benzene rings is 1. The quantitative estimate of drug-likeness (QED) is 0.744. The van der Waals surface area contributed by atoms with E-state index in [9.17, 15) is 31.5 Å². The maximum atomic E-state index is 13.8. The van der Waals surface area contributed by atoms with Crippen LogP contribution in [0.25, 0.3) is 0 Å². The molecule has 1 aliphatic rings. The number of alkyl halides is 3. The van der Waals surface area contributed by atoms with E-state index in [1.54, 1.807) is 20.8 Å². The molecule has 0 bridgehead atoms. The maximum Gasteiger partial charge on any atom is 0.401 e. The third kappa shape index (κ3) is 5.88. The molecule has 2 atom stereocenters. The summed E-state index contributed by atoms with van der Waals surface area (Å²) in [6.07, 6.45) is -4.33. The van der Waals surface area contributed by atoms with E-state index in [4.69, 9.17) is 0 Å². The lowest BCUT2D eigenvalue weighted by atomic mass is 10.0. The second kappa shape index (κ2) is 9.06. The Morgan fingerprint density at radius 2 is 1.76 bits per heavy atom. The van der Waals surface area contributed by atoms with Crippen LogP contribution in [0.4, 0.5) is 22.0 Å². The fourth-order valence-electron chi connectivity index (χ4n) is 3.30. The van der Waals surface area contributed by atoms with Gasteiger partial charge in [-0.2, -0.15) is 13.2 Å². The summed E-state index contributed by atoms with van der Waals surface area (Å²) in [7, 11) is 0. The molecular formula is C19H24F5N3O2. The largest absolute Gasteiger partial charge is 0.401 e. The number of nitrogens with one attached hydrogen (secondary N) is 1. The van der Waals surface area contributed by atoms with Gasteiger partial charge in [0.15, 0.2) is 0 Å². The number of halogens is 5. The zero-order chi connectivity index (χ0) is 21.9. The lowest BCUT2D eigenvalue weighted by Gasteiger charge is -2.41. The molecule has 0 aromatic heterocycles. The van der Waals surface area contributed by atoms with Gasteiger partial charge in [-0.1, -0.05) is 19.9 Å². The molecule has 0 radical (unpaired) electrons. The first kappa shape index (κ1) is 23.1. The minimum Gasteiger partial charge on any atom is -0.340 e. The van der Waals surface area contributed by atoms with Gasteiger partial charge in [0, 0.05) is 25.7 Å². The number of carbonyl (C=O) groups excluding carboxylic acids is 2. The molecule has 2 amide bonds. The van der Waals surface area contributed by atoms with Crippen LogP contribution in [0.1, 0.15) is 31.1 Å². The second-order valence-corrected chi connectivity index (χ2v) is 7.51. The van der Waals surface area contributed by atoms with Gasteiger partial charge >= 0.3 is 6.18 Å². The van der Waals surface area contributed by atoms with E-state index in [2.05, 4.69) is 5.32 Å². The summed E-state index contributed by atoms with van der Waals surface area (Å²) in [5.74, 6) is -4.05. The predicted molar refractivity (Wildman–Crippen MR) is 96.1 cm³/mol. The zero-order valence-corrected chi connectivity index (χ0v) is 16.4. The lowest BCUT2D eigenvalue weighted by molar-refractivity contribution is -0.158. The van der Waals surface area contributed by atoms with Crippen molar-refractivity contribution in [2.45, 2.75) is 39.0 Å². The second-order valence-electron chi connectivity index (χ2n) is 7.51. The molecule has 2 rings (SSSR count). The number of piperazine rings is 1. The molecule has 1 fully saturated rings. The van der Waals surface area contributed by atoms with E-state index in [0.29, 0.717) is 0 Å². The topological polar surface area (TPSA) is 52.7 Å². The van der Waals surface area contributed by atoms with Crippen LogP contribution in [0.5, 0.6) is 0 Å². The number of amides is 2. The molecule has 1 N–H and O–H groups in total. The van der Waals surface area contributed by atoms with Crippen LogP contribution in [-0.2, 0) is 4.79 Å². The van der Waals surface area contributed by atoms with Crippen LogP contribution < -0.4 is 5.32 Å². The molecule has 0 saturated carbocycles. The molecule has 1 aromatic carbocycles. The number of nitrogens with zero attached hydrogens (tertiary/aromatic N) is 2. The highest BCUT2D eigenvalue weighted by atomic mass is 19.4. The first-order valence-electron chi connectivity index (χ1n) is 9.25. The molecule has 0 aliphatic carbocycles. The Balaban J connectivity index is 2.09. The number of carbonyl (C=O) groups is 2. The normalized spacial score (nSPS) is 19.3. The van der Waals surface area contributed by atoms with E-state index < -0.39 is 59.7 Å². The van der Waals surface area contributed by atoms with Crippen LogP contribution in [0, 0.1) is 17.6 Å².